The van der Waals surface area contributed by atoms with Gasteiger partial charge in [-0.25, -0.2) is 0 Å². The van der Waals surface area contributed by atoms with Gasteiger partial charge in [-0.3, -0.25) is 0 Å². The normalized spacial score (nSPS) is 24.6. The molecule has 0 nitrogen and oxygen atoms in total. The molecular weight excluding hydrogens is 466 g/mol. The number of hydrogen-bond acceptors (Lipinski definition) is 0. The Hall–Kier alpha value is 0.640. The SMILES string of the molecule is CC1=[C]([Zr](=[SiH2])([C]2=CC=CC2)([CH]2CCCCC2)[CH]2CCCCC2)CC=C1.Cl.Cl. The summed E-state index contributed by atoms with van der Waals surface area (Å²) in [6.07, 6.45) is 30.2. The summed E-state index contributed by atoms with van der Waals surface area (Å²) in [5, 5.41) is 0. The van der Waals surface area contributed by atoms with E-state index in [0.29, 0.717) is 0 Å². The van der Waals surface area contributed by atoms with Crippen LogP contribution in [0.2, 0.25) is 7.25 Å². The van der Waals surface area contributed by atoms with Crippen LogP contribution >= 0.6 is 24.8 Å². The van der Waals surface area contributed by atoms with E-state index < -0.39 is 17.4 Å². The van der Waals surface area contributed by atoms with Crippen molar-refractivity contribution in [2.24, 2.45) is 0 Å². The molecule has 0 aromatic heterocycles. The zero-order valence-corrected chi connectivity index (χ0v) is 22.6. The van der Waals surface area contributed by atoms with E-state index in [2.05, 4.69) is 44.2 Å². The standard InChI is InChI=1S/C6H7.2C6H11.C5H5.2ClH.H2Si.Zr/c1-6-4-2-3-5-6;2*1-2-4-6-5-3-1;1-2-4-5-3-1;;;;/h2,4H,3H2,1H3;2*1H,2-6H2;1-3H,4H2;2*1H;1H2;. The van der Waals surface area contributed by atoms with Crippen LogP contribution in [0.5, 0.6) is 0 Å². The van der Waals surface area contributed by atoms with Gasteiger partial charge in [-0.1, -0.05) is 0 Å². The molecule has 0 saturated heterocycles. The van der Waals surface area contributed by atoms with Gasteiger partial charge >= 0.3 is 158 Å². The molecule has 0 bridgehead atoms. The quantitative estimate of drug-likeness (QED) is 0.345. The first-order chi connectivity index (χ1) is 12.2. The summed E-state index contributed by atoms with van der Waals surface area (Å²) in [6.45, 7) is 5.12. The minimum atomic E-state index is -3.26. The monoisotopic (exact) mass is 502 g/mol. The Kier molecular flexibility index (Phi) is 8.53. The summed E-state index contributed by atoms with van der Waals surface area (Å²) in [4.78, 5) is 0. The molecule has 2 saturated carbocycles. The van der Waals surface area contributed by atoms with Gasteiger partial charge in [0.2, 0.25) is 0 Å². The third kappa shape index (κ3) is 3.75. The predicted molar refractivity (Wildman–Crippen MR) is 125 cm³/mol. The van der Waals surface area contributed by atoms with Gasteiger partial charge < -0.3 is 0 Å². The average Bonchev–Trinajstić information content (AvgIpc) is 3.35. The van der Waals surface area contributed by atoms with Crippen molar-refractivity contribution < 1.29 is 17.4 Å². The van der Waals surface area contributed by atoms with Gasteiger partial charge in [-0.05, 0) is 0 Å². The van der Waals surface area contributed by atoms with Gasteiger partial charge in [0.15, 0.2) is 0 Å². The molecule has 0 aromatic carbocycles. The third-order valence-corrected chi connectivity index (χ3v) is 42.1. The van der Waals surface area contributed by atoms with Crippen molar-refractivity contribution in [1.29, 1.82) is 0 Å². The molecule has 152 valence electrons. The van der Waals surface area contributed by atoms with E-state index >= 15 is 0 Å². The van der Waals surface area contributed by atoms with E-state index in [1.807, 2.05) is 6.56 Å². The Morgan fingerprint density at radius 1 is 0.815 bits per heavy atom. The van der Waals surface area contributed by atoms with Crippen molar-refractivity contribution in [2.75, 3.05) is 0 Å². The maximum Gasteiger partial charge on any atom is -0.147 e. The Balaban J connectivity index is 0.00000131. The predicted octanol–water partition coefficient (Wildman–Crippen LogP) is 7.65. The second-order valence-corrected chi connectivity index (χ2v) is 33.5. The molecule has 0 amide bonds. The van der Waals surface area contributed by atoms with Crippen LogP contribution in [-0.2, 0) is 17.4 Å². The molecule has 0 aromatic rings. The van der Waals surface area contributed by atoms with E-state index in [0.717, 1.165) is 7.25 Å². The molecule has 4 aliphatic carbocycles. The van der Waals surface area contributed by atoms with Gasteiger partial charge in [-0.2, -0.15) is 0 Å². The van der Waals surface area contributed by atoms with Crippen molar-refractivity contribution in [2.45, 2.75) is 91.2 Å². The van der Waals surface area contributed by atoms with Crippen LogP contribution in [0.3, 0.4) is 0 Å². The molecule has 0 radical (unpaired) electrons. The van der Waals surface area contributed by atoms with Crippen LogP contribution in [-0.4, -0.2) is 6.88 Å². The van der Waals surface area contributed by atoms with E-state index in [1.54, 1.807) is 31.3 Å². The van der Waals surface area contributed by atoms with Crippen LogP contribution in [0.25, 0.3) is 0 Å². The first kappa shape index (κ1) is 23.9. The van der Waals surface area contributed by atoms with Gasteiger partial charge in [0.05, 0.1) is 0 Å². The largest absolute Gasteiger partial charge is 0.147 e. The molecule has 0 unspecified atom stereocenters. The van der Waals surface area contributed by atoms with Crippen LogP contribution in [0.15, 0.2) is 42.5 Å². The van der Waals surface area contributed by atoms with Gasteiger partial charge in [0.1, 0.15) is 0 Å². The zero-order valence-electron chi connectivity index (χ0n) is 17.1. The van der Waals surface area contributed by atoms with Crippen molar-refractivity contribution >= 4 is 31.7 Å². The Labute approximate surface area is 181 Å². The first-order valence-corrected chi connectivity index (χ1v) is 22.1. The average molecular weight is 505 g/mol. The van der Waals surface area contributed by atoms with Crippen molar-refractivity contribution in [3.8, 4) is 0 Å². The number of hydrogen-bond donors (Lipinski definition) is 0. The van der Waals surface area contributed by atoms with Crippen LogP contribution in [0.1, 0.15) is 84.0 Å². The van der Waals surface area contributed by atoms with Crippen molar-refractivity contribution in [1.82, 2.24) is 0 Å². The van der Waals surface area contributed by atoms with E-state index in [4.69, 9.17) is 0 Å². The van der Waals surface area contributed by atoms with E-state index in [9.17, 15) is 0 Å². The Bertz CT molecular complexity index is 695. The Morgan fingerprint density at radius 2 is 1.37 bits per heavy atom. The number of halogens is 2. The summed E-state index contributed by atoms with van der Waals surface area (Å²) in [5.74, 6) is 0. The number of allylic oxidation sites excluding steroid dienone is 8. The topological polar surface area (TPSA) is 0 Å². The zero-order chi connectivity index (χ0) is 17.4. The fourth-order valence-electron chi connectivity index (χ4n) is 7.28. The van der Waals surface area contributed by atoms with Crippen molar-refractivity contribution in [3.05, 3.63) is 42.5 Å². The van der Waals surface area contributed by atoms with Gasteiger partial charge in [0, 0.05) is 0 Å². The van der Waals surface area contributed by atoms with Crippen molar-refractivity contribution in [3.63, 3.8) is 0 Å². The van der Waals surface area contributed by atoms with Gasteiger partial charge in [-0.15, -0.1) is 24.8 Å². The minimum absolute atomic E-state index is 0. The Morgan fingerprint density at radius 3 is 1.78 bits per heavy atom. The minimum Gasteiger partial charge on any atom is -0.147 e. The molecule has 0 heterocycles. The van der Waals surface area contributed by atoms with Crippen LogP contribution in [0.4, 0.5) is 0 Å². The number of rotatable bonds is 4. The summed E-state index contributed by atoms with van der Waals surface area (Å²) in [7, 11) is 0. The fraction of sp³-hybridized carbons (Fsp3) is 0.652. The molecule has 4 heteroatoms. The molecule has 0 spiro atoms. The van der Waals surface area contributed by atoms with E-state index in [-0.39, 0.29) is 24.8 Å². The van der Waals surface area contributed by atoms with Gasteiger partial charge in [0.25, 0.3) is 0 Å². The molecular formula is C23H38Cl2SiZr. The van der Waals surface area contributed by atoms with Crippen LogP contribution < -0.4 is 0 Å². The summed E-state index contributed by atoms with van der Waals surface area (Å²) in [5.41, 5.74) is 1.68. The fourth-order valence-corrected chi connectivity index (χ4v) is 38.9. The summed E-state index contributed by atoms with van der Waals surface area (Å²) in [6, 6.07) is 0. The maximum atomic E-state index is 2.67. The smallest absolute Gasteiger partial charge is 0.147 e. The van der Waals surface area contributed by atoms with Crippen LogP contribution in [0, 0.1) is 0 Å². The first-order valence-electron chi connectivity index (χ1n) is 10.9. The molecule has 0 aliphatic heterocycles. The second kappa shape index (κ2) is 9.63. The molecule has 0 atom stereocenters. The third-order valence-electron chi connectivity index (χ3n) is 8.48. The molecule has 2 fully saturated rings. The summed E-state index contributed by atoms with van der Waals surface area (Å²) < 4.78 is 6.13. The molecule has 4 aliphatic rings. The molecule has 27 heavy (non-hydrogen) atoms. The maximum absolute atomic E-state index is 3.26. The molecule has 4 rings (SSSR count). The van der Waals surface area contributed by atoms with E-state index in [1.165, 1.54) is 51.4 Å². The molecule has 0 N–H and O–H groups in total. The summed E-state index contributed by atoms with van der Waals surface area (Å²) >= 11 is -3.26. The second-order valence-electron chi connectivity index (χ2n) is 9.39.